The predicted octanol–water partition coefficient (Wildman–Crippen LogP) is 6.41. The molecule has 4 aromatic carbocycles. The van der Waals surface area contributed by atoms with Gasteiger partial charge in [-0.05, 0) is 52.7 Å². The lowest BCUT2D eigenvalue weighted by Gasteiger charge is -2.15. The summed E-state index contributed by atoms with van der Waals surface area (Å²) in [6.45, 7) is 0. The van der Waals surface area contributed by atoms with Crippen molar-refractivity contribution in [2.45, 2.75) is 0 Å². The maximum absolute atomic E-state index is 13.7. The molecule has 0 spiro atoms. The van der Waals surface area contributed by atoms with Crippen LogP contribution in [0.3, 0.4) is 0 Å². The summed E-state index contributed by atoms with van der Waals surface area (Å²) in [5, 5.41) is 7.60. The number of rotatable bonds is 4. The average Bonchev–Trinajstić information content (AvgIpc) is 3.22. The Morgan fingerprint density at radius 1 is 0.906 bits per heavy atom. The van der Waals surface area contributed by atoms with Crippen molar-refractivity contribution in [3.63, 3.8) is 0 Å². The molecule has 1 amide bonds. The second-order valence-electron chi connectivity index (χ2n) is 7.05. The van der Waals surface area contributed by atoms with Gasteiger partial charge in [0, 0.05) is 5.56 Å². The summed E-state index contributed by atoms with van der Waals surface area (Å²) in [5.74, 6) is -1.12. The van der Waals surface area contributed by atoms with Gasteiger partial charge < -0.3 is 0 Å². The molecule has 156 valence electrons. The van der Waals surface area contributed by atoms with E-state index in [-0.39, 0.29) is 17.5 Å². The molecule has 4 nitrogen and oxygen atoms in total. The Hall–Kier alpha value is -3.97. The number of hydrogen-bond acceptors (Lipinski definition) is 4. The van der Waals surface area contributed by atoms with Crippen molar-refractivity contribution in [1.29, 1.82) is 0 Å². The van der Waals surface area contributed by atoms with Crippen LogP contribution in [-0.2, 0) is 0 Å². The van der Waals surface area contributed by atoms with Gasteiger partial charge in [0.05, 0.1) is 16.4 Å². The highest BCUT2D eigenvalue weighted by Gasteiger charge is 2.22. The van der Waals surface area contributed by atoms with E-state index in [1.807, 2.05) is 36.4 Å². The Labute approximate surface area is 186 Å². The SMILES string of the molecule is O=C(c1cccc2ccccc12)N(/N=C/c1ccc(F)cc1)c1nc2ccc(F)cc2s1. The number of hydrazone groups is 1. The Kier molecular flexibility index (Phi) is 5.17. The molecule has 1 heterocycles. The first kappa shape index (κ1) is 20.0. The zero-order valence-corrected chi connectivity index (χ0v) is 17.4. The number of anilines is 1. The van der Waals surface area contributed by atoms with E-state index in [4.69, 9.17) is 0 Å². The molecule has 0 atom stereocenters. The average molecular weight is 443 g/mol. The number of benzene rings is 4. The summed E-state index contributed by atoms with van der Waals surface area (Å²) in [7, 11) is 0. The van der Waals surface area contributed by atoms with Crippen LogP contribution in [0.4, 0.5) is 13.9 Å². The van der Waals surface area contributed by atoms with E-state index in [2.05, 4.69) is 10.1 Å². The van der Waals surface area contributed by atoms with Crippen LogP contribution >= 0.6 is 11.3 Å². The Balaban J connectivity index is 1.62. The standard InChI is InChI=1S/C25H15F2N3OS/c26-18-10-8-16(9-11-18)15-28-30(25-29-22-13-12-19(27)14-23(22)32-25)24(31)21-7-3-5-17-4-1-2-6-20(17)21/h1-15H/b28-15+. The van der Waals surface area contributed by atoms with Crippen LogP contribution < -0.4 is 5.01 Å². The molecular weight excluding hydrogens is 428 g/mol. The van der Waals surface area contributed by atoms with Crippen LogP contribution in [0, 0.1) is 11.6 Å². The predicted molar refractivity (Wildman–Crippen MR) is 124 cm³/mol. The number of carbonyl (C=O) groups excluding carboxylic acids is 1. The van der Waals surface area contributed by atoms with Crippen molar-refractivity contribution < 1.29 is 13.6 Å². The van der Waals surface area contributed by atoms with E-state index in [0.29, 0.717) is 26.5 Å². The van der Waals surface area contributed by atoms with Crippen LogP contribution in [0.15, 0.2) is 90.0 Å². The topological polar surface area (TPSA) is 45.6 Å². The molecule has 7 heteroatoms. The van der Waals surface area contributed by atoms with Gasteiger partial charge in [0.15, 0.2) is 0 Å². The third kappa shape index (κ3) is 3.86. The molecule has 0 fully saturated rings. The van der Waals surface area contributed by atoms with Crippen molar-refractivity contribution >= 4 is 49.6 Å². The van der Waals surface area contributed by atoms with Gasteiger partial charge in [-0.25, -0.2) is 13.8 Å². The monoisotopic (exact) mass is 443 g/mol. The maximum Gasteiger partial charge on any atom is 0.281 e. The second kappa shape index (κ2) is 8.28. The van der Waals surface area contributed by atoms with E-state index in [1.165, 1.54) is 46.8 Å². The summed E-state index contributed by atoms with van der Waals surface area (Å²) in [6.07, 6.45) is 1.47. The van der Waals surface area contributed by atoms with E-state index < -0.39 is 0 Å². The van der Waals surface area contributed by atoms with Gasteiger partial charge in [0.1, 0.15) is 11.6 Å². The molecule has 0 aliphatic carbocycles. The third-order valence-electron chi connectivity index (χ3n) is 4.93. The largest absolute Gasteiger partial charge is 0.281 e. The van der Waals surface area contributed by atoms with E-state index in [0.717, 1.165) is 10.8 Å². The Morgan fingerprint density at radius 2 is 1.66 bits per heavy atom. The third-order valence-corrected chi connectivity index (χ3v) is 5.92. The minimum Gasteiger partial charge on any atom is -0.267 e. The van der Waals surface area contributed by atoms with Crippen molar-refractivity contribution in [2.75, 3.05) is 5.01 Å². The highest BCUT2D eigenvalue weighted by Crippen LogP contribution is 2.31. The lowest BCUT2D eigenvalue weighted by molar-refractivity contribution is 0.0989. The summed E-state index contributed by atoms with van der Waals surface area (Å²) >= 11 is 1.17. The number of thiazole rings is 1. The van der Waals surface area contributed by atoms with E-state index >= 15 is 0 Å². The molecule has 5 aromatic rings. The first-order chi connectivity index (χ1) is 15.6. The molecule has 0 radical (unpaired) electrons. The molecule has 0 saturated carbocycles. The number of carbonyl (C=O) groups is 1. The van der Waals surface area contributed by atoms with Gasteiger partial charge in [-0.3, -0.25) is 4.79 Å². The van der Waals surface area contributed by atoms with Crippen molar-refractivity contribution in [3.05, 3.63) is 108 Å². The minimum atomic E-state index is -0.380. The fourth-order valence-corrected chi connectivity index (χ4v) is 4.31. The smallest absolute Gasteiger partial charge is 0.267 e. The maximum atomic E-state index is 13.7. The number of halogens is 2. The number of fused-ring (bicyclic) bond motifs is 2. The highest BCUT2D eigenvalue weighted by molar-refractivity contribution is 7.22. The minimum absolute atomic E-state index is 0.307. The second-order valence-corrected chi connectivity index (χ2v) is 8.06. The van der Waals surface area contributed by atoms with Crippen LogP contribution in [0.5, 0.6) is 0 Å². The Morgan fingerprint density at radius 3 is 2.50 bits per heavy atom. The van der Waals surface area contributed by atoms with Crippen molar-refractivity contribution in [3.8, 4) is 0 Å². The van der Waals surface area contributed by atoms with Crippen LogP contribution in [0.25, 0.3) is 21.0 Å². The molecular formula is C25H15F2N3OS. The van der Waals surface area contributed by atoms with Crippen molar-refractivity contribution in [2.24, 2.45) is 5.10 Å². The summed E-state index contributed by atoms with van der Waals surface area (Å²) < 4.78 is 27.5. The molecule has 0 unspecified atom stereocenters. The van der Waals surface area contributed by atoms with Gasteiger partial charge in [-0.1, -0.05) is 59.9 Å². The normalized spacial score (nSPS) is 11.4. The molecule has 0 aliphatic rings. The lowest BCUT2D eigenvalue weighted by Crippen LogP contribution is -2.25. The Bertz CT molecular complexity index is 1470. The molecule has 0 saturated heterocycles. The van der Waals surface area contributed by atoms with Gasteiger partial charge in [0.25, 0.3) is 5.91 Å². The van der Waals surface area contributed by atoms with Gasteiger partial charge in [-0.15, -0.1) is 0 Å². The number of nitrogens with zero attached hydrogens (tertiary/aromatic N) is 3. The van der Waals surface area contributed by atoms with E-state index in [9.17, 15) is 13.6 Å². The van der Waals surface area contributed by atoms with Gasteiger partial charge in [-0.2, -0.15) is 10.1 Å². The van der Waals surface area contributed by atoms with Crippen LogP contribution in [0.1, 0.15) is 15.9 Å². The molecule has 0 N–H and O–H groups in total. The fourth-order valence-electron chi connectivity index (χ4n) is 3.36. The lowest BCUT2D eigenvalue weighted by atomic mass is 10.0. The zero-order chi connectivity index (χ0) is 22.1. The molecule has 1 aromatic heterocycles. The molecule has 0 aliphatic heterocycles. The molecule has 0 bridgehead atoms. The number of hydrogen-bond donors (Lipinski definition) is 0. The number of amides is 1. The first-order valence-corrected chi connectivity index (χ1v) is 10.6. The molecule has 32 heavy (non-hydrogen) atoms. The van der Waals surface area contributed by atoms with Gasteiger partial charge >= 0.3 is 0 Å². The highest BCUT2D eigenvalue weighted by atomic mass is 32.1. The van der Waals surface area contributed by atoms with Crippen LogP contribution in [0.2, 0.25) is 0 Å². The van der Waals surface area contributed by atoms with Crippen LogP contribution in [-0.4, -0.2) is 17.1 Å². The van der Waals surface area contributed by atoms with Gasteiger partial charge in [0.2, 0.25) is 5.13 Å². The zero-order valence-electron chi connectivity index (χ0n) is 16.6. The first-order valence-electron chi connectivity index (χ1n) is 9.76. The molecule has 5 rings (SSSR count). The van der Waals surface area contributed by atoms with E-state index in [1.54, 1.807) is 24.3 Å². The number of aromatic nitrogens is 1. The summed E-state index contributed by atoms with van der Waals surface area (Å²) in [4.78, 5) is 18.1. The summed E-state index contributed by atoms with van der Waals surface area (Å²) in [5.41, 5.74) is 1.65. The van der Waals surface area contributed by atoms with Crippen molar-refractivity contribution in [1.82, 2.24) is 4.98 Å². The fraction of sp³-hybridized carbons (Fsp3) is 0. The quantitative estimate of drug-likeness (QED) is 0.238. The summed E-state index contributed by atoms with van der Waals surface area (Å²) in [6, 6.07) is 23.1.